The number of nitrogens with zero attached hydrogens (tertiary/aromatic N) is 2. The lowest BCUT2D eigenvalue weighted by Gasteiger charge is -2.20. The Hall–Kier alpha value is -2.17. The zero-order valence-corrected chi connectivity index (χ0v) is 10.5. The maximum absolute atomic E-state index is 12.4. The van der Waals surface area contributed by atoms with Crippen LogP contribution in [0.2, 0.25) is 0 Å². The highest BCUT2D eigenvalue weighted by Crippen LogP contribution is 2.40. The van der Waals surface area contributed by atoms with E-state index in [9.17, 15) is 9.59 Å². The Kier molecular flexibility index (Phi) is 2.36. The first-order valence-corrected chi connectivity index (χ1v) is 6.22. The third kappa shape index (κ3) is 1.91. The Morgan fingerprint density at radius 1 is 1.58 bits per heavy atom. The molecule has 0 radical (unpaired) electrons. The minimum Gasteiger partial charge on any atom is -0.336 e. The van der Waals surface area contributed by atoms with E-state index < -0.39 is 5.41 Å². The Morgan fingerprint density at radius 3 is 3.11 bits per heavy atom. The molecular formula is C14H15N3O2. The van der Waals surface area contributed by atoms with Crippen LogP contribution in [0.15, 0.2) is 36.6 Å². The van der Waals surface area contributed by atoms with E-state index in [1.165, 1.54) is 12.3 Å². The number of hydrogen-bond donors (Lipinski definition) is 1. The average molecular weight is 259 g/mol. The van der Waals surface area contributed by atoms with Crippen LogP contribution in [0.5, 0.6) is 0 Å². The third-order valence-corrected chi connectivity index (χ3v) is 3.77. The van der Waals surface area contributed by atoms with Gasteiger partial charge < -0.3 is 10.2 Å². The van der Waals surface area contributed by atoms with Gasteiger partial charge in [0.2, 0.25) is 5.91 Å². The van der Waals surface area contributed by atoms with Crippen molar-refractivity contribution in [2.24, 2.45) is 5.41 Å². The maximum atomic E-state index is 12.4. The number of pyridine rings is 1. The van der Waals surface area contributed by atoms with Crippen molar-refractivity contribution in [1.82, 2.24) is 15.2 Å². The third-order valence-electron chi connectivity index (χ3n) is 3.77. The van der Waals surface area contributed by atoms with Crippen molar-refractivity contribution in [1.29, 1.82) is 0 Å². The largest absolute Gasteiger partial charge is 0.336 e. The molecule has 3 heterocycles. The first-order valence-electron chi connectivity index (χ1n) is 6.72. The number of carbonyl (C=O) groups is 2. The Morgan fingerprint density at radius 2 is 2.42 bits per heavy atom. The smallest absolute Gasteiger partial charge is 0.272 e. The van der Waals surface area contributed by atoms with Crippen molar-refractivity contribution in [2.75, 3.05) is 13.1 Å². The number of rotatable bonds is 1. The molecule has 0 aromatic carbocycles. The van der Waals surface area contributed by atoms with Gasteiger partial charge in [0.1, 0.15) is 5.69 Å². The predicted molar refractivity (Wildman–Crippen MR) is 69.1 cm³/mol. The van der Waals surface area contributed by atoms with Crippen molar-refractivity contribution < 1.29 is 11.0 Å². The summed E-state index contributed by atoms with van der Waals surface area (Å²) >= 11 is 0. The SMILES string of the molecule is [3H]c1cccnc1C(=O)N1CCC2(CC(=C)NC2=O)C1. The monoisotopic (exact) mass is 259 g/mol. The minimum absolute atomic E-state index is 0.0510. The summed E-state index contributed by atoms with van der Waals surface area (Å²) in [5, 5.41) is 2.74. The molecule has 2 fully saturated rings. The lowest BCUT2D eigenvalue weighted by Crippen LogP contribution is -2.36. The number of amides is 2. The van der Waals surface area contributed by atoms with E-state index in [0.717, 1.165) is 0 Å². The number of allylic oxidation sites excluding steroid dienone is 1. The zero-order valence-electron chi connectivity index (χ0n) is 11.5. The van der Waals surface area contributed by atoms with E-state index in [1.807, 2.05) is 0 Å². The second-order valence-corrected chi connectivity index (χ2v) is 5.12. The van der Waals surface area contributed by atoms with Gasteiger partial charge in [-0.2, -0.15) is 0 Å². The highest BCUT2D eigenvalue weighted by atomic mass is 16.2. The maximum Gasteiger partial charge on any atom is 0.272 e. The van der Waals surface area contributed by atoms with Gasteiger partial charge in [0, 0.05) is 31.4 Å². The van der Waals surface area contributed by atoms with E-state index in [-0.39, 0.29) is 23.6 Å². The van der Waals surface area contributed by atoms with Crippen LogP contribution in [0.4, 0.5) is 0 Å². The number of likely N-dealkylation sites (tertiary alicyclic amines) is 1. The second-order valence-electron chi connectivity index (χ2n) is 5.12. The zero-order chi connectivity index (χ0) is 14.3. The lowest BCUT2D eigenvalue weighted by molar-refractivity contribution is -0.126. The molecule has 1 aromatic rings. The summed E-state index contributed by atoms with van der Waals surface area (Å²) in [5.41, 5.74) is 0.314. The molecule has 5 heteroatoms. The predicted octanol–water partition coefficient (Wildman–Crippen LogP) is 0.948. The Labute approximate surface area is 112 Å². The van der Waals surface area contributed by atoms with Crippen LogP contribution >= 0.6 is 0 Å². The van der Waals surface area contributed by atoms with Crippen LogP contribution in [0.3, 0.4) is 0 Å². The van der Waals surface area contributed by atoms with Gasteiger partial charge in [-0.15, -0.1) is 0 Å². The van der Waals surface area contributed by atoms with Gasteiger partial charge in [0.15, 0.2) is 0 Å². The Balaban J connectivity index is 1.81. The molecule has 5 nitrogen and oxygen atoms in total. The fourth-order valence-corrected chi connectivity index (χ4v) is 2.79. The molecule has 2 aliphatic heterocycles. The fourth-order valence-electron chi connectivity index (χ4n) is 2.79. The summed E-state index contributed by atoms with van der Waals surface area (Å²) in [6.45, 7) is 4.67. The standard InChI is InChI=1S/C14H15N3O2/c1-10-8-14(13(19)16-10)5-7-17(9-14)12(18)11-4-2-3-6-15-11/h2-4,6H,1,5,7-9H2,(H,16,19)/i4T. The van der Waals surface area contributed by atoms with E-state index >= 15 is 0 Å². The molecule has 0 aliphatic carbocycles. The lowest BCUT2D eigenvalue weighted by atomic mass is 9.85. The van der Waals surface area contributed by atoms with Gasteiger partial charge in [0.05, 0.1) is 6.79 Å². The first-order chi connectivity index (χ1) is 9.52. The van der Waals surface area contributed by atoms with Crippen molar-refractivity contribution >= 4 is 11.8 Å². The number of aromatic nitrogens is 1. The molecule has 0 bridgehead atoms. The highest BCUT2D eigenvalue weighted by Gasteiger charge is 2.50. The van der Waals surface area contributed by atoms with E-state index in [0.29, 0.717) is 31.6 Å². The molecule has 19 heavy (non-hydrogen) atoms. The normalized spacial score (nSPS) is 26.7. The number of nitrogens with one attached hydrogen (secondary N) is 1. The van der Waals surface area contributed by atoms with E-state index in [2.05, 4.69) is 16.9 Å². The second kappa shape index (κ2) is 4.19. The van der Waals surface area contributed by atoms with E-state index in [4.69, 9.17) is 1.37 Å². The number of hydrogen-bond acceptors (Lipinski definition) is 3. The van der Waals surface area contributed by atoms with Crippen LogP contribution in [0.25, 0.3) is 0 Å². The first kappa shape index (κ1) is 10.7. The number of carbonyl (C=O) groups excluding carboxylic acids is 2. The van der Waals surface area contributed by atoms with Crippen molar-refractivity contribution in [3.8, 4) is 0 Å². The molecule has 1 atom stereocenters. The summed E-state index contributed by atoms with van der Waals surface area (Å²) in [7, 11) is 0. The highest BCUT2D eigenvalue weighted by molar-refractivity contribution is 5.94. The van der Waals surface area contributed by atoms with Gasteiger partial charge in [-0.05, 0) is 18.5 Å². The molecule has 1 unspecified atom stereocenters. The van der Waals surface area contributed by atoms with Crippen molar-refractivity contribution in [3.63, 3.8) is 0 Å². The summed E-state index contributed by atoms with van der Waals surface area (Å²) in [4.78, 5) is 30.0. The summed E-state index contributed by atoms with van der Waals surface area (Å²) < 4.78 is 7.73. The fraction of sp³-hybridized carbons (Fsp3) is 0.357. The molecule has 0 saturated carbocycles. The van der Waals surface area contributed by atoms with Crippen LogP contribution in [-0.4, -0.2) is 34.8 Å². The van der Waals surface area contributed by atoms with Crippen molar-refractivity contribution in [3.05, 3.63) is 42.3 Å². The topological polar surface area (TPSA) is 62.3 Å². The summed E-state index contributed by atoms with van der Waals surface area (Å²) in [5.74, 6) is -0.331. The van der Waals surface area contributed by atoms with Gasteiger partial charge >= 0.3 is 0 Å². The summed E-state index contributed by atoms with van der Waals surface area (Å²) in [6.07, 6.45) is 2.70. The van der Waals surface area contributed by atoms with Crippen LogP contribution < -0.4 is 5.32 Å². The molecule has 1 N–H and O–H groups in total. The van der Waals surface area contributed by atoms with Crippen LogP contribution in [-0.2, 0) is 4.79 Å². The molecule has 1 spiro atoms. The summed E-state index contributed by atoms with van der Waals surface area (Å²) in [6, 6.07) is 3.27. The molecule has 3 rings (SSSR count). The quantitative estimate of drug-likeness (QED) is 0.816. The average Bonchev–Trinajstić information content (AvgIpc) is 2.95. The van der Waals surface area contributed by atoms with Gasteiger partial charge in [-0.1, -0.05) is 12.6 Å². The molecule has 98 valence electrons. The van der Waals surface area contributed by atoms with Gasteiger partial charge in [-0.25, -0.2) is 0 Å². The van der Waals surface area contributed by atoms with Crippen LogP contribution in [0.1, 0.15) is 24.7 Å². The van der Waals surface area contributed by atoms with Crippen molar-refractivity contribution in [2.45, 2.75) is 12.8 Å². The molecule has 2 aliphatic rings. The molecule has 1 aromatic heterocycles. The van der Waals surface area contributed by atoms with Crippen LogP contribution in [0, 0.1) is 5.41 Å². The minimum atomic E-state index is -0.538. The molecule has 2 saturated heterocycles. The van der Waals surface area contributed by atoms with E-state index in [1.54, 1.807) is 11.0 Å². The molecule has 2 amide bonds. The molecular weight excluding hydrogens is 242 g/mol. The Bertz CT molecular complexity index is 616. The van der Waals surface area contributed by atoms with Gasteiger partial charge in [0.25, 0.3) is 5.91 Å². The van der Waals surface area contributed by atoms with Gasteiger partial charge in [-0.3, -0.25) is 14.6 Å².